The molecule has 0 amide bonds. The summed E-state index contributed by atoms with van der Waals surface area (Å²) in [4.78, 5) is 9.00. The molecular formula is C3H14AlN4O4. The summed E-state index contributed by atoms with van der Waals surface area (Å²) in [6, 6.07) is 0. The van der Waals surface area contributed by atoms with E-state index >= 15 is 0 Å². The van der Waals surface area contributed by atoms with Gasteiger partial charge in [0.15, 0.2) is 5.96 Å². The van der Waals surface area contributed by atoms with Crippen LogP contribution in [-0.2, 0) is 4.79 Å². The summed E-state index contributed by atoms with van der Waals surface area (Å²) in [5, 5.41) is 13.5. The Labute approximate surface area is 76.7 Å². The lowest BCUT2D eigenvalue weighted by atomic mass is 10.9. The molecule has 0 bridgehead atoms. The molecule has 0 fully saturated rings. The molecular weight excluding hydrogens is 183 g/mol. The van der Waals surface area contributed by atoms with E-state index in [-0.39, 0.29) is 12.1 Å². The lowest BCUT2D eigenvalue weighted by molar-refractivity contribution is -0.134. The highest BCUT2D eigenvalue weighted by atomic mass is 27.2. The zero-order valence-electron chi connectivity index (χ0n) is 6.69. The monoisotopic (exact) mass is 197 g/mol. The van der Waals surface area contributed by atoms with Crippen LogP contribution in [0.5, 0.6) is 0 Å². The SMILES string of the molecule is CC(=O)O.N.N=C(N)N.[OH][Al][OH]. The lowest BCUT2D eigenvalue weighted by Gasteiger charge is -1.69. The number of carboxylic acid groups (broad SMARTS) is 1. The molecule has 0 aromatic rings. The molecule has 0 aliphatic carbocycles. The normalized spacial score (nSPS) is 5.25. The van der Waals surface area contributed by atoms with Gasteiger partial charge < -0.3 is 31.0 Å². The smallest absolute Gasteiger partial charge is 0.499 e. The van der Waals surface area contributed by atoms with E-state index in [1.54, 1.807) is 0 Å². The molecule has 9 heteroatoms. The maximum atomic E-state index is 9.00. The van der Waals surface area contributed by atoms with Crippen LogP contribution >= 0.6 is 0 Å². The molecule has 11 N–H and O–H groups in total. The third-order valence-electron chi connectivity index (χ3n) is 0. The molecule has 0 spiro atoms. The first-order chi connectivity index (χ1) is 4.88. The summed E-state index contributed by atoms with van der Waals surface area (Å²) in [7, 11) is 0. The highest BCUT2D eigenvalue weighted by Gasteiger charge is 1.65. The summed E-state index contributed by atoms with van der Waals surface area (Å²) in [6.07, 6.45) is 0. The summed E-state index contributed by atoms with van der Waals surface area (Å²) < 4.78 is 14.4. The van der Waals surface area contributed by atoms with Gasteiger partial charge in [-0.3, -0.25) is 10.2 Å². The van der Waals surface area contributed by atoms with Gasteiger partial charge in [-0.25, -0.2) is 0 Å². The summed E-state index contributed by atoms with van der Waals surface area (Å²) in [5.74, 6) is -1.17. The van der Waals surface area contributed by atoms with Crippen molar-refractivity contribution in [2.45, 2.75) is 6.92 Å². The Balaban J connectivity index is -0.0000000389. The van der Waals surface area contributed by atoms with Gasteiger partial charge in [-0.15, -0.1) is 0 Å². The van der Waals surface area contributed by atoms with Gasteiger partial charge in [0.05, 0.1) is 0 Å². The fraction of sp³-hybridized carbons (Fsp3) is 0.333. The molecule has 73 valence electrons. The van der Waals surface area contributed by atoms with E-state index in [0.717, 1.165) is 6.92 Å². The van der Waals surface area contributed by atoms with Gasteiger partial charge in [0, 0.05) is 6.92 Å². The average molecular weight is 197 g/mol. The highest BCUT2D eigenvalue weighted by Crippen LogP contribution is 1.42. The van der Waals surface area contributed by atoms with E-state index in [2.05, 4.69) is 11.5 Å². The maximum absolute atomic E-state index is 9.00. The number of carboxylic acids is 1. The van der Waals surface area contributed by atoms with Gasteiger partial charge in [-0.2, -0.15) is 0 Å². The first kappa shape index (κ1) is 22.5. The van der Waals surface area contributed by atoms with Crippen LogP contribution in [0, 0.1) is 5.41 Å². The fourth-order valence-corrected chi connectivity index (χ4v) is 0. The maximum Gasteiger partial charge on any atom is 0.662 e. The number of guanidine groups is 1. The summed E-state index contributed by atoms with van der Waals surface area (Å²) in [6.45, 7) is 1.08. The summed E-state index contributed by atoms with van der Waals surface area (Å²) >= 11 is -1.25. The van der Waals surface area contributed by atoms with Crippen molar-refractivity contribution < 1.29 is 18.2 Å². The molecule has 12 heavy (non-hydrogen) atoms. The minimum Gasteiger partial charge on any atom is -0.499 e. The van der Waals surface area contributed by atoms with Gasteiger partial charge in [0.25, 0.3) is 5.97 Å². The number of carbonyl (C=O) groups is 1. The molecule has 0 saturated heterocycles. The van der Waals surface area contributed by atoms with Gasteiger partial charge in [-0.05, 0) is 0 Å². The van der Waals surface area contributed by atoms with Crippen LogP contribution in [0.25, 0.3) is 0 Å². The van der Waals surface area contributed by atoms with Crippen LogP contribution in [0.3, 0.4) is 0 Å². The fourth-order valence-electron chi connectivity index (χ4n) is 0. The Hall–Kier alpha value is -0.848. The third-order valence-corrected chi connectivity index (χ3v) is 0. The molecule has 0 rings (SSSR count). The number of aliphatic carboxylic acids is 1. The zero-order valence-corrected chi connectivity index (χ0v) is 7.84. The van der Waals surface area contributed by atoms with E-state index in [9.17, 15) is 0 Å². The molecule has 0 saturated carbocycles. The van der Waals surface area contributed by atoms with Crippen molar-refractivity contribution in [1.82, 2.24) is 6.15 Å². The lowest BCUT2D eigenvalue weighted by Crippen LogP contribution is -2.20. The number of rotatable bonds is 0. The van der Waals surface area contributed by atoms with Gasteiger partial charge >= 0.3 is 15.9 Å². The predicted octanol–water partition coefficient (Wildman–Crippen LogP) is -2.40. The number of nitrogens with two attached hydrogens (primary N) is 2. The standard InChI is InChI=1S/C2H4O2.CH5N3.Al.H3N.2H2O/c1-2(3)4;2-1(3)4;;;;/h1H3,(H,3,4);(H5,2,3,4);;1H3;2*1H2/q;;+2;;;/p-2. The average Bonchev–Trinajstić information content (AvgIpc) is 1.60. The number of hydrogen-bond acceptors (Lipinski definition) is 5. The molecule has 0 aromatic heterocycles. The predicted molar refractivity (Wildman–Crippen MR) is 44.6 cm³/mol. The van der Waals surface area contributed by atoms with Crippen LogP contribution in [0.2, 0.25) is 0 Å². The molecule has 8 nitrogen and oxygen atoms in total. The number of hydrogen-bond donors (Lipinski definition) is 7. The number of nitrogens with one attached hydrogen (secondary N) is 1. The molecule has 0 aliphatic rings. The Bertz CT molecular complexity index is 90.5. The van der Waals surface area contributed by atoms with E-state index in [0.29, 0.717) is 0 Å². The molecule has 0 aliphatic heterocycles. The van der Waals surface area contributed by atoms with Crippen molar-refractivity contribution in [3.05, 3.63) is 0 Å². The van der Waals surface area contributed by atoms with Gasteiger partial charge in [0.1, 0.15) is 0 Å². The van der Waals surface area contributed by atoms with Crippen LogP contribution in [0.1, 0.15) is 6.92 Å². The van der Waals surface area contributed by atoms with Crippen LogP contribution in [0.15, 0.2) is 0 Å². The zero-order chi connectivity index (χ0) is 9.86. The van der Waals surface area contributed by atoms with Gasteiger partial charge in [-0.1, -0.05) is 0 Å². The van der Waals surface area contributed by atoms with Crippen molar-refractivity contribution in [1.29, 1.82) is 5.41 Å². The second kappa shape index (κ2) is 22.5. The molecule has 0 atom stereocenters. The van der Waals surface area contributed by atoms with Crippen LogP contribution < -0.4 is 17.6 Å². The second-order valence-electron chi connectivity index (χ2n) is 1.09. The molecule has 0 aromatic carbocycles. The Morgan fingerprint density at radius 3 is 1.42 bits per heavy atom. The van der Waals surface area contributed by atoms with Crippen molar-refractivity contribution in [2.24, 2.45) is 11.5 Å². The van der Waals surface area contributed by atoms with Crippen LogP contribution in [0.4, 0.5) is 0 Å². The van der Waals surface area contributed by atoms with E-state index in [1.165, 1.54) is 0 Å². The first-order valence-electron chi connectivity index (χ1n) is 2.27. The third kappa shape index (κ3) is 847. The van der Waals surface area contributed by atoms with E-state index in [4.69, 9.17) is 23.6 Å². The van der Waals surface area contributed by atoms with Crippen molar-refractivity contribution >= 4 is 27.8 Å². The van der Waals surface area contributed by atoms with E-state index in [1.807, 2.05) is 0 Å². The van der Waals surface area contributed by atoms with E-state index < -0.39 is 21.9 Å². The highest BCUT2D eigenvalue weighted by molar-refractivity contribution is 6.13. The van der Waals surface area contributed by atoms with Crippen molar-refractivity contribution in [2.75, 3.05) is 0 Å². The topological polar surface area (TPSA) is 189 Å². The largest absolute Gasteiger partial charge is 0.662 e. The first-order valence-corrected chi connectivity index (χ1v) is 3.30. The molecule has 0 heterocycles. The summed E-state index contributed by atoms with van der Waals surface area (Å²) in [5.41, 5.74) is 8.94. The van der Waals surface area contributed by atoms with Crippen molar-refractivity contribution in [3.8, 4) is 0 Å². The molecule has 0 unspecified atom stereocenters. The minimum absolute atomic E-state index is 0. The quantitative estimate of drug-likeness (QED) is 0.128. The van der Waals surface area contributed by atoms with Crippen LogP contribution in [-0.4, -0.2) is 41.2 Å². The Morgan fingerprint density at radius 2 is 1.42 bits per heavy atom. The Morgan fingerprint density at radius 1 is 1.42 bits per heavy atom. The van der Waals surface area contributed by atoms with Gasteiger partial charge in [0.2, 0.25) is 0 Å². The van der Waals surface area contributed by atoms with Crippen molar-refractivity contribution in [3.63, 3.8) is 0 Å². The second-order valence-corrected chi connectivity index (χ2v) is 1.32. The molecule has 1 radical (unpaired) electrons. The minimum atomic E-state index is -1.25. The Kier molecular flexibility index (Phi) is 42.1.